The number of hydrogen-bond donors (Lipinski definition) is 4. The van der Waals surface area contributed by atoms with Gasteiger partial charge in [-0.1, -0.05) is 72.8 Å². The molecule has 6 aromatic carbocycles. The van der Waals surface area contributed by atoms with Gasteiger partial charge in [-0.2, -0.15) is 27.1 Å². The van der Waals surface area contributed by atoms with E-state index in [2.05, 4.69) is 20.5 Å². The molecule has 15 heteroatoms. The van der Waals surface area contributed by atoms with Crippen molar-refractivity contribution < 1.29 is 25.9 Å². The summed E-state index contributed by atoms with van der Waals surface area (Å²) in [6.45, 7) is 0. The number of hydrogen-bond acceptors (Lipinski definition) is 10. The molecular weight excluding hydrogens is 652 g/mol. The molecule has 0 aliphatic carbocycles. The third kappa shape index (κ3) is 7.08. The molecule has 6 aromatic rings. The minimum atomic E-state index is -4.53. The van der Waals surface area contributed by atoms with Crippen molar-refractivity contribution in [2.75, 3.05) is 11.5 Å². The first kappa shape index (κ1) is 33.8. The minimum absolute atomic E-state index is 0. The van der Waals surface area contributed by atoms with Crippen molar-refractivity contribution in [3.63, 3.8) is 0 Å². The molecule has 0 fully saturated rings. The number of nitrogens with zero attached hydrogens (tertiary/aromatic N) is 4. The summed E-state index contributed by atoms with van der Waals surface area (Å²) in [5.74, 6) is 0. The van der Waals surface area contributed by atoms with Crippen LogP contribution in [0.15, 0.2) is 139 Å². The van der Waals surface area contributed by atoms with Gasteiger partial charge in [0.2, 0.25) is 0 Å². The number of azo groups is 2. The van der Waals surface area contributed by atoms with E-state index in [-0.39, 0.29) is 72.9 Å². The van der Waals surface area contributed by atoms with E-state index in [0.717, 1.165) is 11.1 Å². The summed E-state index contributed by atoms with van der Waals surface area (Å²) in [6, 6.07) is 29.6. The molecule has 0 spiro atoms. The van der Waals surface area contributed by atoms with Gasteiger partial charge in [-0.15, -0.1) is 10.2 Å². The number of nitrogens with two attached hydrogens (primary N) is 2. The average molecular weight is 676 g/mol. The maximum atomic E-state index is 12.0. The van der Waals surface area contributed by atoms with Crippen molar-refractivity contribution in [1.82, 2.24) is 0 Å². The van der Waals surface area contributed by atoms with Gasteiger partial charge in [0.05, 0.1) is 22.7 Å². The van der Waals surface area contributed by atoms with Crippen LogP contribution in [0.3, 0.4) is 0 Å². The fourth-order valence-electron chi connectivity index (χ4n) is 4.96. The summed E-state index contributed by atoms with van der Waals surface area (Å²) in [5, 5.41) is 18.1. The van der Waals surface area contributed by atoms with E-state index in [4.69, 9.17) is 11.5 Å². The second-order valence-corrected chi connectivity index (χ2v) is 12.9. The summed E-state index contributed by atoms with van der Waals surface area (Å²) in [7, 11) is -9.07. The van der Waals surface area contributed by atoms with Gasteiger partial charge in [-0.05, 0) is 47.5 Å². The Morgan fingerprint density at radius 2 is 0.787 bits per heavy atom. The Morgan fingerprint density at radius 1 is 0.468 bits per heavy atom. The van der Waals surface area contributed by atoms with Crippen LogP contribution < -0.4 is 11.5 Å². The molecule has 0 aromatic heterocycles. The number of anilines is 2. The molecule has 231 valence electrons. The topological polar surface area (TPSA) is 210 Å². The summed E-state index contributed by atoms with van der Waals surface area (Å²) in [6.07, 6.45) is 0. The summed E-state index contributed by atoms with van der Waals surface area (Å²) in [4.78, 5) is -0.624. The number of rotatable bonds is 7. The normalized spacial score (nSPS) is 12.2. The first-order valence-corrected chi connectivity index (χ1v) is 16.4. The van der Waals surface area contributed by atoms with Crippen LogP contribution in [0, 0.1) is 0 Å². The van der Waals surface area contributed by atoms with Crippen molar-refractivity contribution in [3.8, 4) is 11.1 Å². The molecule has 0 atom stereocenters. The molecule has 6 N–H and O–H groups in total. The van der Waals surface area contributed by atoms with Crippen LogP contribution in [0.5, 0.6) is 0 Å². The van der Waals surface area contributed by atoms with Gasteiger partial charge in [0.15, 0.2) is 0 Å². The predicted octanol–water partition coefficient (Wildman–Crippen LogP) is 7.77. The van der Waals surface area contributed by atoms with Gasteiger partial charge in [-0.3, -0.25) is 9.11 Å². The van der Waals surface area contributed by atoms with Crippen LogP contribution in [0.1, 0.15) is 0 Å². The molecular formula is C32H24N6NaO6S2. The number of nitrogen functional groups attached to an aromatic ring is 2. The summed E-state index contributed by atoms with van der Waals surface area (Å²) >= 11 is 0. The van der Waals surface area contributed by atoms with E-state index in [0.29, 0.717) is 22.1 Å². The molecule has 0 unspecified atom stereocenters. The van der Waals surface area contributed by atoms with Crippen molar-refractivity contribution >= 4 is 105 Å². The van der Waals surface area contributed by atoms with E-state index < -0.39 is 20.2 Å². The van der Waals surface area contributed by atoms with Crippen molar-refractivity contribution in [3.05, 3.63) is 109 Å². The summed E-state index contributed by atoms with van der Waals surface area (Å²) < 4.78 is 67.4. The minimum Gasteiger partial charge on any atom is -0.396 e. The first-order chi connectivity index (χ1) is 21.9. The Morgan fingerprint density at radius 3 is 1.11 bits per heavy atom. The quantitative estimate of drug-likeness (QED) is 0.0567. The zero-order chi connectivity index (χ0) is 32.6. The van der Waals surface area contributed by atoms with Gasteiger partial charge in [0, 0.05) is 51.1 Å². The molecule has 1 radical (unpaired) electrons. The van der Waals surface area contributed by atoms with Crippen LogP contribution in [0.2, 0.25) is 0 Å². The molecule has 0 saturated heterocycles. The zero-order valence-corrected chi connectivity index (χ0v) is 28.3. The maximum Gasteiger partial charge on any atom is 0.295 e. The molecule has 12 nitrogen and oxygen atoms in total. The number of fused-ring (bicyclic) bond motifs is 2. The van der Waals surface area contributed by atoms with Gasteiger partial charge < -0.3 is 11.5 Å². The Hall–Kier alpha value is -4.54. The van der Waals surface area contributed by atoms with Gasteiger partial charge in [0.1, 0.15) is 21.2 Å². The second-order valence-electron chi connectivity index (χ2n) is 10.2. The molecule has 0 heterocycles. The fraction of sp³-hybridized carbons (Fsp3) is 0. The third-order valence-electron chi connectivity index (χ3n) is 7.22. The van der Waals surface area contributed by atoms with Crippen LogP contribution in [-0.4, -0.2) is 55.5 Å². The fourth-order valence-corrected chi connectivity index (χ4v) is 6.39. The molecule has 0 aliphatic rings. The van der Waals surface area contributed by atoms with E-state index in [9.17, 15) is 25.9 Å². The maximum absolute atomic E-state index is 12.0. The largest absolute Gasteiger partial charge is 0.396 e. The van der Waals surface area contributed by atoms with Crippen molar-refractivity contribution in [2.24, 2.45) is 20.5 Å². The molecule has 0 aliphatic heterocycles. The first-order valence-electron chi connectivity index (χ1n) is 13.5. The summed E-state index contributed by atoms with van der Waals surface area (Å²) in [5.41, 5.74) is 15.8. The Bertz CT molecular complexity index is 2260. The Labute approximate surface area is 291 Å². The van der Waals surface area contributed by atoms with E-state index >= 15 is 0 Å². The third-order valence-corrected chi connectivity index (χ3v) is 9.01. The average Bonchev–Trinajstić information content (AvgIpc) is 3.04. The monoisotopic (exact) mass is 675 g/mol. The van der Waals surface area contributed by atoms with Gasteiger partial charge >= 0.3 is 0 Å². The Balaban J connectivity index is 0.00000433. The van der Waals surface area contributed by atoms with Crippen LogP contribution in [0.25, 0.3) is 32.7 Å². The molecule has 0 amide bonds. The van der Waals surface area contributed by atoms with Crippen LogP contribution in [0.4, 0.5) is 34.1 Å². The van der Waals surface area contributed by atoms with E-state index in [1.54, 1.807) is 72.8 Å². The van der Waals surface area contributed by atoms with Crippen molar-refractivity contribution in [1.29, 1.82) is 0 Å². The van der Waals surface area contributed by atoms with Gasteiger partial charge in [0.25, 0.3) is 20.2 Å². The molecule has 47 heavy (non-hydrogen) atoms. The zero-order valence-electron chi connectivity index (χ0n) is 24.7. The van der Waals surface area contributed by atoms with Crippen LogP contribution >= 0.6 is 0 Å². The van der Waals surface area contributed by atoms with Crippen LogP contribution in [-0.2, 0) is 20.2 Å². The number of benzene rings is 6. The molecule has 0 bridgehead atoms. The van der Waals surface area contributed by atoms with E-state index in [1.165, 1.54) is 12.1 Å². The van der Waals surface area contributed by atoms with Gasteiger partial charge in [-0.25, -0.2) is 0 Å². The smallest absolute Gasteiger partial charge is 0.295 e. The van der Waals surface area contributed by atoms with E-state index in [1.807, 2.05) is 24.3 Å². The molecule has 6 rings (SSSR count). The second kappa shape index (κ2) is 13.3. The molecule has 0 saturated carbocycles. The van der Waals surface area contributed by atoms with Crippen molar-refractivity contribution in [2.45, 2.75) is 9.79 Å². The Kier molecular flexibility index (Phi) is 9.56. The SMILES string of the molecule is Nc1c(N=Nc2ccc(-c3ccc(N=Nc4cc(S(=O)(=O)O)c5ccccc5c4N)cc3)cc2)cc(S(=O)(=O)O)c2ccccc12.[Na]. The predicted molar refractivity (Wildman–Crippen MR) is 182 cm³/mol. The standard InChI is InChI=1S/C32H24N6O6S2.Na/c33-31-25-7-3-1-5-23(25)29(45(39,40)41)17-27(31)37-35-21-13-9-19(10-14-21)20-11-15-22(16-12-20)36-38-28-18-30(46(42,43)44)24-6-2-4-8-26(24)32(28)34;/h1-18H,33-34H2,(H,39,40,41)(H,42,43,44);.